The first-order chi connectivity index (χ1) is 12.6. The van der Waals surface area contributed by atoms with E-state index in [1.54, 1.807) is 14.2 Å². The minimum Gasteiger partial charge on any atom is -0.497 e. The smallest absolute Gasteiger partial charge is 0.226 e. The van der Waals surface area contributed by atoms with E-state index in [-0.39, 0.29) is 30.7 Å². The molecular formula is C20H33Cl2N3O3. The third-order valence-corrected chi connectivity index (χ3v) is 5.78. The molecule has 2 fully saturated rings. The van der Waals surface area contributed by atoms with Crippen molar-refractivity contribution in [2.75, 3.05) is 46.9 Å². The summed E-state index contributed by atoms with van der Waals surface area (Å²) < 4.78 is 10.7. The fourth-order valence-corrected chi connectivity index (χ4v) is 4.22. The number of rotatable bonds is 6. The molecule has 0 spiro atoms. The zero-order chi connectivity index (χ0) is 18.5. The molecule has 2 N–H and O–H groups in total. The van der Waals surface area contributed by atoms with Crippen molar-refractivity contribution in [1.29, 1.82) is 0 Å². The van der Waals surface area contributed by atoms with Crippen molar-refractivity contribution in [2.24, 2.45) is 17.6 Å². The predicted octanol–water partition coefficient (Wildman–Crippen LogP) is 2.57. The SMILES string of the molecule is COc1cc(CN2CCN(C(=O)[C@@H]3CCC[C@@H]3CN)CC2)cc(OC)c1.Cl.Cl. The third kappa shape index (κ3) is 5.89. The molecule has 3 rings (SSSR count). The van der Waals surface area contributed by atoms with Gasteiger partial charge in [0.05, 0.1) is 14.2 Å². The Morgan fingerprint density at radius 2 is 1.64 bits per heavy atom. The molecule has 0 bridgehead atoms. The number of piperazine rings is 1. The lowest BCUT2D eigenvalue weighted by Crippen LogP contribution is -2.50. The zero-order valence-corrected chi connectivity index (χ0v) is 18.4. The maximum absolute atomic E-state index is 12.8. The molecule has 1 amide bonds. The molecule has 2 aliphatic rings. The van der Waals surface area contributed by atoms with Crippen molar-refractivity contribution >= 4 is 30.7 Å². The van der Waals surface area contributed by atoms with Crippen LogP contribution in [0.5, 0.6) is 11.5 Å². The van der Waals surface area contributed by atoms with Gasteiger partial charge in [0.1, 0.15) is 11.5 Å². The summed E-state index contributed by atoms with van der Waals surface area (Å²) in [6, 6.07) is 5.98. The molecule has 0 unspecified atom stereocenters. The van der Waals surface area contributed by atoms with Gasteiger partial charge in [0.15, 0.2) is 0 Å². The van der Waals surface area contributed by atoms with Gasteiger partial charge in [-0.15, -0.1) is 24.8 Å². The number of ether oxygens (including phenoxy) is 2. The molecule has 1 heterocycles. The van der Waals surface area contributed by atoms with Crippen LogP contribution in [0.25, 0.3) is 0 Å². The number of nitrogens with two attached hydrogens (primary N) is 1. The lowest BCUT2D eigenvalue weighted by molar-refractivity contribution is -0.138. The van der Waals surface area contributed by atoms with Crippen LogP contribution < -0.4 is 15.2 Å². The molecule has 1 saturated carbocycles. The Kier molecular flexibility index (Phi) is 10.4. The summed E-state index contributed by atoms with van der Waals surface area (Å²) in [6.07, 6.45) is 3.24. The van der Waals surface area contributed by atoms with Crippen LogP contribution in [0.4, 0.5) is 0 Å². The highest BCUT2D eigenvalue weighted by Gasteiger charge is 2.35. The van der Waals surface area contributed by atoms with Crippen LogP contribution in [0.15, 0.2) is 18.2 Å². The molecular weight excluding hydrogens is 401 g/mol. The van der Waals surface area contributed by atoms with E-state index in [9.17, 15) is 4.79 Å². The summed E-state index contributed by atoms with van der Waals surface area (Å²) >= 11 is 0. The molecule has 0 radical (unpaired) electrons. The molecule has 6 nitrogen and oxygen atoms in total. The van der Waals surface area contributed by atoms with Gasteiger partial charge in [-0.25, -0.2) is 0 Å². The van der Waals surface area contributed by atoms with Crippen LogP contribution in [-0.4, -0.2) is 62.7 Å². The molecule has 1 aliphatic heterocycles. The summed E-state index contributed by atoms with van der Waals surface area (Å²) in [7, 11) is 3.33. The Hall–Kier alpha value is -1.21. The summed E-state index contributed by atoms with van der Waals surface area (Å²) in [5.41, 5.74) is 7.01. The number of carbonyl (C=O) groups is 1. The Bertz CT molecular complexity index is 602. The molecule has 1 aliphatic carbocycles. The molecule has 1 aromatic rings. The maximum Gasteiger partial charge on any atom is 0.226 e. The van der Waals surface area contributed by atoms with Crippen LogP contribution in [0, 0.1) is 11.8 Å². The standard InChI is InChI=1S/C20H31N3O3.2ClH/c1-25-17-10-15(11-18(12-17)26-2)14-22-6-8-23(9-7-22)20(24)19-5-3-4-16(19)13-21;;/h10-12,16,19H,3-9,13-14,21H2,1-2H3;2*1H/t16-,19-;;/m1../s1. The van der Waals surface area contributed by atoms with E-state index in [4.69, 9.17) is 15.2 Å². The van der Waals surface area contributed by atoms with Gasteiger partial charge in [-0.1, -0.05) is 6.42 Å². The van der Waals surface area contributed by atoms with Crippen molar-refractivity contribution in [2.45, 2.75) is 25.8 Å². The van der Waals surface area contributed by atoms with Gasteiger partial charge in [-0.05, 0) is 43.0 Å². The number of hydrogen-bond acceptors (Lipinski definition) is 5. The first-order valence-electron chi connectivity index (χ1n) is 9.57. The van der Waals surface area contributed by atoms with Crippen LogP contribution in [0.2, 0.25) is 0 Å². The monoisotopic (exact) mass is 433 g/mol. The highest BCUT2D eigenvalue weighted by molar-refractivity contribution is 5.85. The fourth-order valence-electron chi connectivity index (χ4n) is 4.22. The zero-order valence-electron chi connectivity index (χ0n) is 16.8. The summed E-state index contributed by atoms with van der Waals surface area (Å²) in [4.78, 5) is 17.2. The van der Waals surface area contributed by atoms with E-state index < -0.39 is 0 Å². The first kappa shape index (κ1) is 24.8. The molecule has 28 heavy (non-hydrogen) atoms. The number of carbonyl (C=O) groups excluding carboxylic acids is 1. The molecule has 160 valence electrons. The summed E-state index contributed by atoms with van der Waals surface area (Å²) in [6.45, 7) is 4.86. The van der Waals surface area contributed by atoms with Crippen LogP contribution in [0.3, 0.4) is 0 Å². The Morgan fingerprint density at radius 3 is 2.18 bits per heavy atom. The van der Waals surface area contributed by atoms with Gasteiger partial charge in [-0.2, -0.15) is 0 Å². The number of benzene rings is 1. The highest BCUT2D eigenvalue weighted by Crippen LogP contribution is 2.32. The maximum atomic E-state index is 12.8. The average Bonchev–Trinajstić information content (AvgIpc) is 3.16. The van der Waals surface area contributed by atoms with Gasteiger partial charge in [-0.3, -0.25) is 9.69 Å². The lowest BCUT2D eigenvalue weighted by atomic mass is 9.94. The Morgan fingerprint density at radius 1 is 1.04 bits per heavy atom. The van der Waals surface area contributed by atoms with Gasteiger partial charge in [0.25, 0.3) is 0 Å². The largest absolute Gasteiger partial charge is 0.497 e. The topological polar surface area (TPSA) is 68.0 Å². The van der Waals surface area contributed by atoms with Crippen molar-refractivity contribution in [3.63, 3.8) is 0 Å². The van der Waals surface area contributed by atoms with E-state index in [2.05, 4.69) is 4.90 Å². The lowest BCUT2D eigenvalue weighted by Gasteiger charge is -2.36. The molecule has 1 aromatic carbocycles. The summed E-state index contributed by atoms with van der Waals surface area (Å²) in [5, 5.41) is 0. The third-order valence-electron chi connectivity index (χ3n) is 5.78. The van der Waals surface area contributed by atoms with Crippen molar-refractivity contribution in [3.8, 4) is 11.5 Å². The molecule has 0 aromatic heterocycles. The van der Waals surface area contributed by atoms with Crippen LogP contribution in [-0.2, 0) is 11.3 Å². The van der Waals surface area contributed by atoms with Gasteiger partial charge >= 0.3 is 0 Å². The van der Waals surface area contributed by atoms with Crippen LogP contribution in [0.1, 0.15) is 24.8 Å². The number of halogens is 2. The fraction of sp³-hybridized carbons (Fsp3) is 0.650. The van der Waals surface area contributed by atoms with Gasteiger partial charge in [0.2, 0.25) is 5.91 Å². The number of hydrogen-bond donors (Lipinski definition) is 1. The molecule has 8 heteroatoms. The number of amides is 1. The number of methoxy groups -OCH3 is 2. The van der Waals surface area contributed by atoms with E-state index in [0.29, 0.717) is 18.4 Å². The van der Waals surface area contributed by atoms with E-state index in [1.807, 2.05) is 23.1 Å². The van der Waals surface area contributed by atoms with Crippen molar-refractivity contribution in [3.05, 3.63) is 23.8 Å². The number of nitrogens with zero attached hydrogens (tertiary/aromatic N) is 2. The minimum absolute atomic E-state index is 0. The van der Waals surface area contributed by atoms with E-state index in [1.165, 1.54) is 5.56 Å². The predicted molar refractivity (Wildman–Crippen MR) is 116 cm³/mol. The second-order valence-corrected chi connectivity index (χ2v) is 7.36. The summed E-state index contributed by atoms with van der Waals surface area (Å²) in [5.74, 6) is 2.46. The average molecular weight is 434 g/mol. The van der Waals surface area contributed by atoms with Gasteiger partial charge < -0.3 is 20.1 Å². The van der Waals surface area contributed by atoms with E-state index in [0.717, 1.165) is 63.5 Å². The normalized spacial score (nSPS) is 22.2. The highest BCUT2D eigenvalue weighted by atomic mass is 35.5. The molecule has 1 saturated heterocycles. The quantitative estimate of drug-likeness (QED) is 0.746. The first-order valence-corrected chi connectivity index (χ1v) is 9.57. The van der Waals surface area contributed by atoms with Crippen LogP contribution >= 0.6 is 24.8 Å². The molecule has 2 atom stereocenters. The van der Waals surface area contributed by atoms with E-state index >= 15 is 0 Å². The Labute approximate surface area is 180 Å². The van der Waals surface area contributed by atoms with Crippen molar-refractivity contribution < 1.29 is 14.3 Å². The minimum atomic E-state index is 0. The second-order valence-electron chi connectivity index (χ2n) is 7.36. The van der Waals surface area contributed by atoms with Gasteiger partial charge in [0, 0.05) is 44.7 Å². The van der Waals surface area contributed by atoms with Crippen molar-refractivity contribution in [1.82, 2.24) is 9.80 Å². The second kappa shape index (κ2) is 11.7. The Balaban J connectivity index is 0.00000196.